The summed E-state index contributed by atoms with van der Waals surface area (Å²) in [6, 6.07) is 6.55. The first kappa shape index (κ1) is 15.8. The molecule has 1 aromatic rings. The zero-order valence-corrected chi connectivity index (χ0v) is 13.6. The van der Waals surface area contributed by atoms with Crippen LogP contribution in [0, 0.1) is 0 Å². The summed E-state index contributed by atoms with van der Waals surface area (Å²) in [5, 5.41) is 8.53. The van der Waals surface area contributed by atoms with Crippen molar-refractivity contribution in [2.45, 2.75) is 12.3 Å². The van der Waals surface area contributed by atoms with E-state index in [0.29, 0.717) is 10.6 Å². The Bertz CT molecular complexity index is 883. The fourth-order valence-electron chi connectivity index (χ4n) is 2.81. The maximum atomic E-state index is 12.3. The number of carboxylic acid groups (broad SMARTS) is 1. The van der Waals surface area contributed by atoms with Crippen LogP contribution in [0.4, 0.5) is 0 Å². The number of carboxylic acids is 1. The molecular weight excluding hydrogens is 342 g/mol. The van der Waals surface area contributed by atoms with Crippen molar-refractivity contribution >= 4 is 39.4 Å². The molecule has 120 valence electrons. The number of hydrogen-bond acceptors (Lipinski definition) is 4. The van der Waals surface area contributed by atoms with Crippen molar-refractivity contribution in [2.75, 3.05) is 5.75 Å². The summed E-state index contributed by atoms with van der Waals surface area (Å²) in [6.45, 7) is 1.41. The van der Waals surface area contributed by atoms with Crippen molar-refractivity contribution < 1.29 is 23.1 Å². The number of carbonyl (C=O) groups excluding carboxylic acids is 1. The van der Waals surface area contributed by atoms with E-state index in [1.165, 1.54) is 13.0 Å². The number of carbonyl (C=O) groups is 2. The van der Waals surface area contributed by atoms with E-state index in [1.54, 1.807) is 24.3 Å². The molecule has 1 aromatic carbocycles. The number of rotatable bonds is 2. The third-order valence-electron chi connectivity index (χ3n) is 3.76. The maximum absolute atomic E-state index is 12.3. The van der Waals surface area contributed by atoms with Crippen LogP contribution >= 0.6 is 11.6 Å². The van der Waals surface area contributed by atoms with Crippen LogP contribution in [0.2, 0.25) is 5.02 Å². The molecule has 1 amide bonds. The summed E-state index contributed by atoms with van der Waals surface area (Å²) >= 11 is 5.79. The minimum atomic E-state index is -3.66. The summed E-state index contributed by atoms with van der Waals surface area (Å²) in [7, 11) is -3.66. The summed E-state index contributed by atoms with van der Waals surface area (Å²) in [5.41, 5.74) is 0.602. The fourth-order valence-corrected chi connectivity index (χ4v) is 4.91. The minimum Gasteiger partial charge on any atom is -0.477 e. The summed E-state index contributed by atoms with van der Waals surface area (Å²) < 4.78 is 24.7. The van der Waals surface area contributed by atoms with E-state index < -0.39 is 27.1 Å². The molecule has 0 aromatic heterocycles. The summed E-state index contributed by atoms with van der Waals surface area (Å²) in [5.74, 6) is -2.28. The van der Waals surface area contributed by atoms with Crippen LogP contribution in [0.5, 0.6) is 0 Å². The predicted octanol–water partition coefficient (Wildman–Crippen LogP) is 1.68. The number of aliphatic carboxylic acids is 1. The highest BCUT2D eigenvalue weighted by atomic mass is 35.5. The van der Waals surface area contributed by atoms with Crippen molar-refractivity contribution in [3.8, 4) is 0 Å². The number of nitrogens with zero attached hydrogens (tertiary/aromatic N) is 1. The number of β-lactam (4-membered cyclic amide) rings is 1. The Morgan fingerprint density at radius 2 is 1.96 bits per heavy atom. The van der Waals surface area contributed by atoms with Gasteiger partial charge in [0.05, 0.1) is 11.3 Å². The molecule has 0 bridgehead atoms. The molecule has 2 aliphatic heterocycles. The van der Waals surface area contributed by atoms with Gasteiger partial charge >= 0.3 is 5.97 Å². The van der Waals surface area contributed by atoms with E-state index in [2.05, 4.69) is 0 Å². The van der Waals surface area contributed by atoms with Crippen LogP contribution in [0.25, 0.3) is 6.08 Å². The van der Waals surface area contributed by atoms with Gasteiger partial charge < -0.3 is 5.11 Å². The Kier molecular flexibility index (Phi) is 3.57. The van der Waals surface area contributed by atoms with Gasteiger partial charge in [-0.1, -0.05) is 23.7 Å². The molecule has 8 heteroatoms. The normalized spacial score (nSPS) is 24.4. The van der Waals surface area contributed by atoms with Gasteiger partial charge in [-0.3, -0.25) is 9.69 Å². The molecule has 1 N–H and O–H groups in total. The standard InChI is InChI=1S/C15H12ClNO5S/c1-8-7-23(21,22)14-11(6-9-2-4-10(16)5-3-9)13(18)17(14)12(8)15(19)20/h2-6,14H,7H2,1H3,(H,19,20)/t14-/m1/s1. The SMILES string of the molecule is CC1=C(C(=O)O)N2C(=O)C(=Cc3ccc(Cl)cc3)[C@H]2S(=O)(=O)C1. The first-order valence-corrected chi connectivity index (χ1v) is 8.77. The van der Waals surface area contributed by atoms with Crippen molar-refractivity contribution in [3.05, 3.63) is 51.7 Å². The van der Waals surface area contributed by atoms with Crippen LogP contribution in [-0.4, -0.2) is 41.4 Å². The average molecular weight is 354 g/mol. The number of sulfone groups is 1. The number of halogens is 1. The molecule has 2 aliphatic rings. The lowest BCUT2D eigenvalue weighted by Crippen LogP contribution is -2.62. The number of benzene rings is 1. The highest BCUT2D eigenvalue weighted by Crippen LogP contribution is 2.40. The first-order valence-electron chi connectivity index (χ1n) is 6.67. The Hall–Kier alpha value is -2.12. The third-order valence-corrected chi connectivity index (χ3v) is 6.00. The van der Waals surface area contributed by atoms with Gasteiger partial charge in [0.2, 0.25) is 0 Å². The lowest BCUT2D eigenvalue weighted by Gasteiger charge is -2.45. The third kappa shape index (κ3) is 2.46. The highest BCUT2D eigenvalue weighted by Gasteiger charge is 2.55. The largest absolute Gasteiger partial charge is 0.477 e. The first-order chi connectivity index (χ1) is 10.7. The van der Waals surface area contributed by atoms with Crippen molar-refractivity contribution in [3.63, 3.8) is 0 Å². The number of fused-ring (bicyclic) bond motifs is 1. The molecule has 0 spiro atoms. The van der Waals surface area contributed by atoms with Gasteiger partial charge in [-0.15, -0.1) is 0 Å². The molecular formula is C15H12ClNO5S. The summed E-state index contributed by atoms with van der Waals surface area (Å²) in [4.78, 5) is 24.5. The van der Waals surface area contributed by atoms with Crippen LogP contribution in [0.15, 0.2) is 41.1 Å². The van der Waals surface area contributed by atoms with E-state index in [-0.39, 0.29) is 22.6 Å². The van der Waals surface area contributed by atoms with Gasteiger partial charge in [-0.05, 0) is 36.3 Å². The smallest absolute Gasteiger partial charge is 0.352 e. The molecule has 1 saturated heterocycles. The highest BCUT2D eigenvalue weighted by molar-refractivity contribution is 7.92. The van der Waals surface area contributed by atoms with Gasteiger partial charge in [0, 0.05) is 5.02 Å². The van der Waals surface area contributed by atoms with Crippen molar-refractivity contribution in [1.29, 1.82) is 0 Å². The number of amides is 1. The van der Waals surface area contributed by atoms with E-state index in [0.717, 1.165) is 4.90 Å². The van der Waals surface area contributed by atoms with Crippen LogP contribution < -0.4 is 0 Å². The molecule has 1 atom stereocenters. The zero-order chi connectivity index (χ0) is 16.9. The molecule has 6 nitrogen and oxygen atoms in total. The molecule has 0 radical (unpaired) electrons. The lowest BCUT2D eigenvalue weighted by molar-refractivity contribution is -0.141. The van der Waals surface area contributed by atoms with Gasteiger partial charge in [0.15, 0.2) is 15.2 Å². The van der Waals surface area contributed by atoms with Crippen molar-refractivity contribution in [2.24, 2.45) is 0 Å². The molecule has 0 saturated carbocycles. The molecule has 0 aliphatic carbocycles. The van der Waals surface area contributed by atoms with Crippen molar-refractivity contribution in [1.82, 2.24) is 4.90 Å². The van der Waals surface area contributed by atoms with Gasteiger partial charge in [-0.25, -0.2) is 13.2 Å². The second kappa shape index (κ2) is 5.21. The Morgan fingerprint density at radius 1 is 1.35 bits per heavy atom. The summed E-state index contributed by atoms with van der Waals surface area (Å²) in [6.07, 6.45) is 1.46. The molecule has 2 heterocycles. The second-order valence-electron chi connectivity index (χ2n) is 5.42. The lowest BCUT2D eigenvalue weighted by atomic mass is 10.00. The molecule has 23 heavy (non-hydrogen) atoms. The Balaban J connectivity index is 2.07. The molecule has 3 rings (SSSR count). The van der Waals surface area contributed by atoms with E-state index in [4.69, 9.17) is 11.6 Å². The number of hydrogen-bond donors (Lipinski definition) is 1. The van der Waals surface area contributed by atoms with Crippen LogP contribution in [0.1, 0.15) is 12.5 Å². The monoisotopic (exact) mass is 353 g/mol. The van der Waals surface area contributed by atoms with E-state index in [9.17, 15) is 23.1 Å². The van der Waals surface area contributed by atoms with Crippen LogP contribution in [0.3, 0.4) is 0 Å². The zero-order valence-electron chi connectivity index (χ0n) is 12.0. The minimum absolute atomic E-state index is 0.0681. The quantitative estimate of drug-likeness (QED) is 0.645. The van der Waals surface area contributed by atoms with Crippen LogP contribution in [-0.2, 0) is 19.4 Å². The Labute approximate surface area is 137 Å². The van der Waals surface area contributed by atoms with E-state index in [1.807, 2.05) is 0 Å². The second-order valence-corrected chi connectivity index (χ2v) is 7.92. The fraction of sp³-hybridized carbons (Fsp3) is 0.200. The van der Waals surface area contributed by atoms with Gasteiger partial charge in [0.1, 0.15) is 5.70 Å². The Morgan fingerprint density at radius 3 is 2.52 bits per heavy atom. The average Bonchev–Trinajstić information content (AvgIpc) is 2.45. The molecule has 1 fully saturated rings. The van der Waals surface area contributed by atoms with Gasteiger partial charge in [-0.2, -0.15) is 0 Å². The molecule has 0 unspecified atom stereocenters. The predicted molar refractivity (Wildman–Crippen MR) is 84.2 cm³/mol. The topological polar surface area (TPSA) is 91.8 Å². The maximum Gasteiger partial charge on any atom is 0.352 e. The van der Waals surface area contributed by atoms with E-state index >= 15 is 0 Å². The van der Waals surface area contributed by atoms with Gasteiger partial charge in [0.25, 0.3) is 5.91 Å².